The van der Waals surface area contributed by atoms with Gasteiger partial charge >= 0.3 is 0 Å². The van der Waals surface area contributed by atoms with Gasteiger partial charge in [0.15, 0.2) is 0 Å². The summed E-state index contributed by atoms with van der Waals surface area (Å²) in [4.78, 5) is 12.0. The van der Waals surface area contributed by atoms with Gasteiger partial charge in [0.25, 0.3) is 5.91 Å². The molecule has 0 aliphatic carbocycles. The molecule has 5 nitrogen and oxygen atoms in total. The van der Waals surface area contributed by atoms with Crippen molar-refractivity contribution in [2.24, 2.45) is 12.5 Å². The molecule has 2 heterocycles. The second kappa shape index (κ2) is 5.02. The topological polar surface area (TPSA) is 69.3 Å². The molecule has 0 radical (unpaired) electrons. The maximum absolute atomic E-state index is 12.0. The molecule has 1 aliphatic heterocycles. The Hall–Kier alpha value is -1.49. The van der Waals surface area contributed by atoms with E-state index in [-0.39, 0.29) is 11.3 Å². The quantitative estimate of drug-likeness (QED) is 0.846. The highest BCUT2D eigenvalue weighted by Gasteiger charge is 2.28. The first-order chi connectivity index (χ1) is 8.50. The van der Waals surface area contributed by atoms with Crippen molar-refractivity contribution >= 4 is 11.6 Å². The third kappa shape index (κ3) is 2.85. The second-order valence-electron chi connectivity index (χ2n) is 5.38. The SMILES string of the molecule is Cn1cc(N)cc1C(=O)NCC1(C)CCOCC1. The van der Waals surface area contributed by atoms with Gasteiger partial charge in [-0.25, -0.2) is 0 Å². The van der Waals surface area contributed by atoms with E-state index < -0.39 is 0 Å². The van der Waals surface area contributed by atoms with E-state index in [1.165, 1.54) is 0 Å². The minimum atomic E-state index is -0.0677. The maximum Gasteiger partial charge on any atom is 0.267 e. The van der Waals surface area contributed by atoms with Gasteiger partial charge in [0.05, 0.1) is 5.69 Å². The summed E-state index contributed by atoms with van der Waals surface area (Å²) in [6.07, 6.45) is 3.72. The average molecular weight is 251 g/mol. The average Bonchev–Trinajstić information content (AvgIpc) is 2.67. The second-order valence-corrected chi connectivity index (χ2v) is 5.38. The summed E-state index contributed by atoms with van der Waals surface area (Å²) in [5.41, 5.74) is 7.02. The lowest BCUT2D eigenvalue weighted by Crippen LogP contribution is -2.39. The van der Waals surface area contributed by atoms with Crippen molar-refractivity contribution in [2.45, 2.75) is 19.8 Å². The fourth-order valence-electron chi connectivity index (χ4n) is 2.24. The van der Waals surface area contributed by atoms with Crippen LogP contribution in [0, 0.1) is 5.41 Å². The van der Waals surface area contributed by atoms with Crippen molar-refractivity contribution in [3.05, 3.63) is 18.0 Å². The fraction of sp³-hybridized carbons (Fsp3) is 0.615. The van der Waals surface area contributed by atoms with Crippen molar-refractivity contribution in [3.63, 3.8) is 0 Å². The largest absolute Gasteiger partial charge is 0.397 e. The number of nitrogens with zero attached hydrogens (tertiary/aromatic N) is 1. The Morgan fingerprint density at radius 3 is 2.78 bits per heavy atom. The summed E-state index contributed by atoms with van der Waals surface area (Å²) in [5, 5.41) is 2.99. The zero-order valence-electron chi connectivity index (χ0n) is 11.0. The van der Waals surface area contributed by atoms with E-state index in [0.717, 1.165) is 26.1 Å². The first-order valence-electron chi connectivity index (χ1n) is 6.28. The van der Waals surface area contributed by atoms with Crippen LogP contribution in [0.3, 0.4) is 0 Å². The van der Waals surface area contributed by atoms with Crippen LogP contribution in [0.5, 0.6) is 0 Å². The molecule has 0 spiro atoms. The monoisotopic (exact) mass is 251 g/mol. The Balaban J connectivity index is 1.94. The predicted octanol–water partition coefficient (Wildman–Crippen LogP) is 1.15. The van der Waals surface area contributed by atoms with E-state index >= 15 is 0 Å². The van der Waals surface area contributed by atoms with E-state index in [1.807, 2.05) is 7.05 Å². The number of aromatic nitrogens is 1. The highest BCUT2D eigenvalue weighted by Crippen LogP contribution is 2.28. The summed E-state index contributed by atoms with van der Waals surface area (Å²) in [7, 11) is 1.82. The number of nitrogens with two attached hydrogens (primary N) is 1. The minimum Gasteiger partial charge on any atom is -0.397 e. The summed E-state index contributed by atoms with van der Waals surface area (Å²) in [6, 6.07) is 1.70. The molecule has 1 saturated heterocycles. The van der Waals surface area contributed by atoms with Gasteiger partial charge in [-0.3, -0.25) is 4.79 Å². The number of nitrogens with one attached hydrogen (secondary N) is 1. The van der Waals surface area contributed by atoms with E-state index in [2.05, 4.69) is 12.2 Å². The Morgan fingerprint density at radius 1 is 1.56 bits per heavy atom. The van der Waals surface area contributed by atoms with Gasteiger partial charge in [-0.15, -0.1) is 0 Å². The number of carbonyl (C=O) groups excluding carboxylic acids is 1. The lowest BCUT2D eigenvalue weighted by molar-refractivity contribution is 0.0238. The number of anilines is 1. The number of carbonyl (C=O) groups is 1. The number of hydrogen-bond donors (Lipinski definition) is 2. The van der Waals surface area contributed by atoms with Gasteiger partial charge in [-0.2, -0.15) is 0 Å². The molecule has 1 amide bonds. The Bertz CT molecular complexity index is 433. The normalized spacial score (nSPS) is 18.6. The van der Waals surface area contributed by atoms with Crippen LogP contribution >= 0.6 is 0 Å². The highest BCUT2D eigenvalue weighted by molar-refractivity contribution is 5.93. The number of nitrogen functional groups attached to an aromatic ring is 1. The molecule has 18 heavy (non-hydrogen) atoms. The van der Waals surface area contributed by atoms with Crippen molar-refractivity contribution in [3.8, 4) is 0 Å². The van der Waals surface area contributed by atoms with Crippen LogP contribution in [0.25, 0.3) is 0 Å². The molecule has 0 unspecified atom stereocenters. The standard InChI is InChI=1S/C13H21N3O2/c1-13(3-5-18-6-4-13)9-15-12(17)11-7-10(14)8-16(11)2/h7-8H,3-6,9,14H2,1-2H3,(H,15,17). The van der Waals surface area contributed by atoms with Gasteiger partial charge in [0.2, 0.25) is 0 Å². The Kier molecular flexibility index (Phi) is 3.61. The fourth-order valence-corrected chi connectivity index (χ4v) is 2.24. The van der Waals surface area contributed by atoms with Crippen LogP contribution < -0.4 is 11.1 Å². The van der Waals surface area contributed by atoms with Gasteiger partial charge < -0.3 is 20.4 Å². The first-order valence-corrected chi connectivity index (χ1v) is 6.28. The molecular weight excluding hydrogens is 230 g/mol. The van der Waals surface area contributed by atoms with Crippen molar-refractivity contribution in [1.29, 1.82) is 0 Å². The maximum atomic E-state index is 12.0. The predicted molar refractivity (Wildman–Crippen MR) is 70.3 cm³/mol. The molecule has 0 aromatic carbocycles. The third-order valence-corrected chi connectivity index (χ3v) is 3.63. The highest BCUT2D eigenvalue weighted by atomic mass is 16.5. The molecule has 1 aromatic rings. The molecule has 100 valence electrons. The summed E-state index contributed by atoms with van der Waals surface area (Å²) in [6.45, 7) is 4.43. The molecule has 0 atom stereocenters. The number of hydrogen-bond acceptors (Lipinski definition) is 3. The summed E-state index contributed by atoms with van der Waals surface area (Å²) >= 11 is 0. The molecule has 1 aliphatic rings. The van der Waals surface area contributed by atoms with Gasteiger partial charge in [0, 0.05) is 33.0 Å². The van der Waals surface area contributed by atoms with Gasteiger partial charge in [-0.1, -0.05) is 6.92 Å². The third-order valence-electron chi connectivity index (χ3n) is 3.63. The Labute approximate surface area is 107 Å². The molecule has 0 bridgehead atoms. The van der Waals surface area contributed by atoms with Crippen molar-refractivity contribution in [1.82, 2.24) is 9.88 Å². The van der Waals surface area contributed by atoms with Crippen LogP contribution in [0.15, 0.2) is 12.3 Å². The number of amides is 1. The molecule has 3 N–H and O–H groups in total. The van der Waals surface area contributed by atoms with Gasteiger partial charge in [0.1, 0.15) is 5.69 Å². The van der Waals surface area contributed by atoms with Crippen LogP contribution in [0.2, 0.25) is 0 Å². The summed E-state index contributed by atoms with van der Waals surface area (Å²) in [5.74, 6) is -0.0677. The molecule has 2 rings (SSSR count). The van der Waals surface area contributed by atoms with Crippen molar-refractivity contribution in [2.75, 3.05) is 25.5 Å². The number of ether oxygens (including phenoxy) is 1. The number of rotatable bonds is 3. The van der Waals surface area contributed by atoms with Crippen LogP contribution in [-0.2, 0) is 11.8 Å². The smallest absolute Gasteiger partial charge is 0.267 e. The number of aryl methyl sites for hydroxylation is 1. The summed E-state index contributed by atoms with van der Waals surface area (Å²) < 4.78 is 7.09. The molecular formula is C13H21N3O2. The first kappa shape index (κ1) is 13.0. The van der Waals surface area contributed by atoms with E-state index in [1.54, 1.807) is 16.8 Å². The van der Waals surface area contributed by atoms with Gasteiger partial charge in [-0.05, 0) is 24.3 Å². The van der Waals surface area contributed by atoms with E-state index in [4.69, 9.17) is 10.5 Å². The van der Waals surface area contributed by atoms with E-state index in [0.29, 0.717) is 17.9 Å². The molecule has 5 heteroatoms. The Morgan fingerprint density at radius 2 is 2.22 bits per heavy atom. The lowest BCUT2D eigenvalue weighted by atomic mass is 9.82. The van der Waals surface area contributed by atoms with Crippen LogP contribution in [-0.4, -0.2) is 30.2 Å². The molecule has 1 aromatic heterocycles. The molecule has 1 fully saturated rings. The zero-order chi connectivity index (χ0) is 13.2. The van der Waals surface area contributed by atoms with Crippen molar-refractivity contribution < 1.29 is 9.53 Å². The minimum absolute atomic E-state index is 0.0677. The lowest BCUT2D eigenvalue weighted by Gasteiger charge is -2.33. The zero-order valence-corrected chi connectivity index (χ0v) is 11.0. The molecule has 0 saturated carbocycles. The van der Waals surface area contributed by atoms with Crippen LogP contribution in [0.1, 0.15) is 30.3 Å². The van der Waals surface area contributed by atoms with Crippen LogP contribution in [0.4, 0.5) is 5.69 Å². The van der Waals surface area contributed by atoms with E-state index in [9.17, 15) is 4.79 Å².